The van der Waals surface area contributed by atoms with Gasteiger partial charge in [-0.15, -0.1) is 11.6 Å². The van der Waals surface area contributed by atoms with Crippen molar-refractivity contribution in [2.75, 3.05) is 11.6 Å². The van der Waals surface area contributed by atoms with Crippen molar-refractivity contribution in [3.8, 4) is 0 Å². The molecule has 1 N–H and O–H groups in total. The van der Waals surface area contributed by atoms with Crippen LogP contribution < -0.4 is 4.72 Å². The lowest BCUT2D eigenvalue weighted by Crippen LogP contribution is -2.29. The van der Waals surface area contributed by atoms with Crippen LogP contribution in [0.25, 0.3) is 0 Å². The fraction of sp³-hybridized carbons (Fsp3) is 0.455. The SMILES string of the molecule is CC(CCl)CS(=O)(=O)NCc1ccc(Br)cc1. The molecule has 96 valence electrons. The molecule has 17 heavy (non-hydrogen) atoms. The highest BCUT2D eigenvalue weighted by Gasteiger charge is 2.14. The zero-order valence-electron chi connectivity index (χ0n) is 9.49. The Morgan fingerprint density at radius 3 is 2.47 bits per heavy atom. The van der Waals surface area contributed by atoms with E-state index in [-0.39, 0.29) is 11.7 Å². The predicted molar refractivity (Wildman–Crippen MR) is 74.7 cm³/mol. The summed E-state index contributed by atoms with van der Waals surface area (Å²) in [5, 5.41) is 0. The van der Waals surface area contributed by atoms with E-state index in [1.54, 1.807) is 0 Å². The molecular formula is C11H15BrClNO2S. The lowest BCUT2D eigenvalue weighted by atomic mass is 10.2. The molecule has 0 bridgehead atoms. The van der Waals surface area contributed by atoms with Gasteiger partial charge in [0.1, 0.15) is 0 Å². The molecule has 6 heteroatoms. The van der Waals surface area contributed by atoms with Gasteiger partial charge in [0.15, 0.2) is 0 Å². The lowest BCUT2D eigenvalue weighted by Gasteiger charge is -2.10. The minimum absolute atomic E-state index is 0.0425. The zero-order valence-corrected chi connectivity index (χ0v) is 12.6. The van der Waals surface area contributed by atoms with Crippen molar-refractivity contribution < 1.29 is 8.42 Å². The molecule has 0 aliphatic rings. The van der Waals surface area contributed by atoms with E-state index in [0.717, 1.165) is 10.0 Å². The van der Waals surface area contributed by atoms with E-state index in [9.17, 15) is 8.42 Å². The summed E-state index contributed by atoms with van der Waals surface area (Å²) in [5.74, 6) is 0.366. The van der Waals surface area contributed by atoms with Gasteiger partial charge < -0.3 is 0 Å². The molecule has 0 aliphatic heterocycles. The maximum atomic E-state index is 11.7. The van der Waals surface area contributed by atoms with Crippen LogP contribution in [0.4, 0.5) is 0 Å². The Labute approximate surface area is 116 Å². The van der Waals surface area contributed by atoms with Crippen molar-refractivity contribution in [2.24, 2.45) is 5.92 Å². The van der Waals surface area contributed by atoms with E-state index in [2.05, 4.69) is 20.7 Å². The molecule has 1 atom stereocenters. The van der Waals surface area contributed by atoms with Crippen molar-refractivity contribution in [1.29, 1.82) is 0 Å². The number of alkyl halides is 1. The van der Waals surface area contributed by atoms with E-state index in [1.165, 1.54) is 0 Å². The molecule has 0 saturated heterocycles. The number of halogens is 2. The number of benzene rings is 1. The first-order chi connectivity index (χ1) is 7.93. The molecule has 1 aromatic rings. The highest BCUT2D eigenvalue weighted by molar-refractivity contribution is 9.10. The van der Waals surface area contributed by atoms with Gasteiger partial charge in [0.2, 0.25) is 10.0 Å². The first-order valence-corrected chi connectivity index (χ1v) is 8.18. The minimum atomic E-state index is -3.25. The highest BCUT2D eigenvalue weighted by Crippen LogP contribution is 2.10. The summed E-state index contributed by atoms with van der Waals surface area (Å²) in [5.41, 5.74) is 0.926. The van der Waals surface area contributed by atoms with Crippen LogP contribution in [-0.4, -0.2) is 20.1 Å². The van der Waals surface area contributed by atoms with Crippen LogP contribution in [-0.2, 0) is 16.6 Å². The number of nitrogens with one attached hydrogen (secondary N) is 1. The zero-order chi connectivity index (χ0) is 12.9. The van der Waals surface area contributed by atoms with Gasteiger partial charge in [-0.3, -0.25) is 0 Å². The third kappa shape index (κ3) is 5.86. The third-order valence-corrected chi connectivity index (χ3v) is 4.82. The van der Waals surface area contributed by atoms with E-state index in [0.29, 0.717) is 12.4 Å². The van der Waals surface area contributed by atoms with Crippen LogP contribution in [0.3, 0.4) is 0 Å². The Bertz CT molecular complexity index is 447. The molecule has 0 heterocycles. The number of hydrogen-bond donors (Lipinski definition) is 1. The summed E-state index contributed by atoms with van der Waals surface area (Å²) in [4.78, 5) is 0. The molecule has 1 rings (SSSR count). The van der Waals surface area contributed by atoms with Crippen LogP contribution in [0.5, 0.6) is 0 Å². The second-order valence-electron chi connectivity index (χ2n) is 3.99. The average Bonchev–Trinajstić information content (AvgIpc) is 2.28. The van der Waals surface area contributed by atoms with Crippen molar-refractivity contribution >= 4 is 37.6 Å². The number of sulfonamides is 1. The Hall–Kier alpha value is -0.100. The Morgan fingerprint density at radius 1 is 1.35 bits per heavy atom. The molecule has 0 fully saturated rings. The van der Waals surface area contributed by atoms with Gasteiger partial charge in [0, 0.05) is 16.9 Å². The molecular weight excluding hydrogens is 326 g/mol. The maximum absolute atomic E-state index is 11.7. The van der Waals surface area contributed by atoms with E-state index >= 15 is 0 Å². The molecule has 0 aliphatic carbocycles. The van der Waals surface area contributed by atoms with Gasteiger partial charge in [-0.05, 0) is 23.6 Å². The number of hydrogen-bond acceptors (Lipinski definition) is 2. The molecule has 0 saturated carbocycles. The molecule has 0 amide bonds. The van der Waals surface area contributed by atoms with Crippen LogP contribution >= 0.6 is 27.5 Å². The summed E-state index contributed by atoms with van der Waals surface area (Å²) >= 11 is 8.92. The average molecular weight is 341 g/mol. The summed E-state index contributed by atoms with van der Waals surface area (Å²) in [7, 11) is -3.25. The molecule has 1 unspecified atom stereocenters. The largest absolute Gasteiger partial charge is 0.212 e. The van der Waals surface area contributed by atoms with Crippen molar-refractivity contribution in [1.82, 2.24) is 4.72 Å². The number of rotatable bonds is 6. The Balaban J connectivity index is 2.52. The topological polar surface area (TPSA) is 46.2 Å². The highest BCUT2D eigenvalue weighted by atomic mass is 79.9. The second kappa shape index (κ2) is 6.73. The smallest absolute Gasteiger partial charge is 0.212 e. The molecule has 3 nitrogen and oxygen atoms in total. The van der Waals surface area contributed by atoms with Gasteiger partial charge in [-0.1, -0.05) is 35.0 Å². The molecule has 1 aromatic carbocycles. The maximum Gasteiger partial charge on any atom is 0.212 e. The Morgan fingerprint density at radius 2 is 1.94 bits per heavy atom. The lowest BCUT2D eigenvalue weighted by molar-refractivity contribution is 0.568. The minimum Gasteiger partial charge on any atom is -0.212 e. The van der Waals surface area contributed by atoms with Gasteiger partial charge in [-0.25, -0.2) is 13.1 Å². The fourth-order valence-electron chi connectivity index (χ4n) is 1.27. The van der Waals surface area contributed by atoms with Crippen molar-refractivity contribution in [3.05, 3.63) is 34.3 Å². The summed E-state index contributed by atoms with van der Waals surface area (Å²) in [6.07, 6.45) is 0. The van der Waals surface area contributed by atoms with Gasteiger partial charge in [0.25, 0.3) is 0 Å². The van der Waals surface area contributed by atoms with Gasteiger partial charge in [0.05, 0.1) is 5.75 Å². The van der Waals surface area contributed by atoms with Gasteiger partial charge in [-0.2, -0.15) is 0 Å². The standard InChI is InChI=1S/C11H15BrClNO2S/c1-9(6-13)8-17(15,16)14-7-10-2-4-11(12)5-3-10/h2-5,9,14H,6-8H2,1H3. The summed E-state index contributed by atoms with van der Waals surface area (Å²) in [6.45, 7) is 2.12. The van der Waals surface area contributed by atoms with Crippen LogP contribution in [0.1, 0.15) is 12.5 Å². The van der Waals surface area contributed by atoms with Gasteiger partial charge >= 0.3 is 0 Å². The predicted octanol–water partition coefficient (Wildman–Crippen LogP) is 2.74. The molecule has 0 aromatic heterocycles. The summed E-state index contributed by atoms with van der Waals surface area (Å²) < 4.78 is 26.9. The molecule has 0 radical (unpaired) electrons. The van der Waals surface area contributed by atoms with E-state index in [4.69, 9.17) is 11.6 Å². The van der Waals surface area contributed by atoms with Crippen molar-refractivity contribution in [3.63, 3.8) is 0 Å². The third-order valence-electron chi connectivity index (χ3n) is 2.18. The monoisotopic (exact) mass is 339 g/mol. The second-order valence-corrected chi connectivity index (χ2v) is 7.06. The first-order valence-electron chi connectivity index (χ1n) is 5.20. The van der Waals surface area contributed by atoms with E-state index in [1.807, 2.05) is 31.2 Å². The first kappa shape index (κ1) is 15.0. The van der Waals surface area contributed by atoms with Crippen LogP contribution in [0, 0.1) is 5.92 Å². The normalized spacial score (nSPS) is 13.6. The fourth-order valence-corrected chi connectivity index (χ4v) is 3.15. The molecule has 0 spiro atoms. The van der Waals surface area contributed by atoms with Crippen LogP contribution in [0.2, 0.25) is 0 Å². The van der Waals surface area contributed by atoms with Crippen LogP contribution in [0.15, 0.2) is 28.7 Å². The van der Waals surface area contributed by atoms with Crippen molar-refractivity contribution in [2.45, 2.75) is 13.5 Å². The summed E-state index contributed by atoms with van der Waals surface area (Å²) in [6, 6.07) is 7.51. The quantitative estimate of drug-likeness (QED) is 0.809. The Kier molecular flexibility index (Phi) is 5.92. The van der Waals surface area contributed by atoms with E-state index < -0.39 is 10.0 Å².